The SMILES string of the molecule is Cc1ccc(CO)c(CC(=O)OC2CC3CCCC(C2)N3CCCCCCCCCCCC(=O)CCC(=O)N[C@H](C(=O)C[C@@H](CCCNC(N)=O)C(=O)Nc2ccc(COC(=O)Oc3ccc([N+](=O)[O-])cc3)cc2)C(C)C)c1. The first-order valence-electron chi connectivity index (χ1n) is 28.0. The summed E-state index contributed by atoms with van der Waals surface area (Å²) >= 11 is 0. The number of urea groups is 1. The van der Waals surface area contributed by atoms with Crippen LogP contribution in [0.1, 0.15) is 165 Å². The van der Waals surface area contributed by atoms with E-state index in [-0.39, 0.29) is 92.9 Å². The molecule has 78 heavy (non-hydrogen) atoms. The number of Topliss-reactive ketones (excluding diaryl/α,β-unsaturated/α-hetero) is 2. The number of hydrogen-bond donors (Lipinski definition) is 5. The number of nitrogens with one attached hydrogen (secondary N) is 3. The molecule has 2 unspecified atom stereocenters. The van der Waals surface area contributed by atoms with Crippen LogP contribution in [0.25, 0.3) is 0 Å². The summed E-state index contributed by atoms with van der Waals surface area (Å²) in [6.07, 6.45) is 15.1. The summed E-state index contributed by atoms with van der Waals surface area (Å²) < 4.78 is 16.2. The van der Waals surface area contributed by atoms with Crippen molar-refractivity contribution in [2.24, 2.45) is 17.6 Å². The number of nitrogens with two attached hydrogens (primary N) is 1. The summed E-state index contributed by atoms with van der Waals surface area (Å²) in [7, 11) is 0. The van der Waals surface area contributed by atoms with Gasteiger partial charge in [-0.1, -0.05) is 101 Å². The standard InChI is InChI=1S/C59H82N6O13/c1-40(2)56(53(68)34-43(15-14-31-61-58(60)72)57(71)62-46-23-20-42(21-24-46)39-76-59(73)78-51-28-25-47(26-29-51)65(74)75)63-54(69)30-27-50(67)18-11-9-7-5-4-6-8-10-12-32-64-48-16-13-17-49(64)37-52(36-48)77-55(70)35-45-33-41(3)19-22-44(45)38-66/h19-26,28-29,33,40,43,48-49,52,56,66H,4-18,27,30-32,34-39H2,1-3H3,(H,62,71)(H,63,69)(H3,60,61,72)/t43-,48?,49?,52?,56+/m1/s1. The van der Waals surface area contributed by atoms with Crippen LogP contribution in [0.15, 0.2) is 66.7 Å². The number of carbonyl (C=O) groups excluding carboxylic acids is 7. The third kappa shape index (κ3) is 22.0. The second-order valence-corrected chi connectivity index (χ2v) is 21.3. The number of anilines is 1. The lowest BCUT2D eigenvalue weighted by atomic mass is 9.82. The van der Waals surface area contributed by atoms with E-state index in [4.69, 9.17) is 19.9 Å². The molecule has 19 nitrogen and oxygen atoms in total. The molecular weight excluding hydrogens is 1000 g/mol. The van der Waals surface area contributed by atoms with Gasteiger partial charge in [0.1, 0.15) is 24.2 Å². The lowest BCUT2D eigenvalue weighted by Gasteiger charge is -2.48. The molecule has 2 saturated heterocycles. The number of benzene rings is 3. The zero-order valence-corrected chi connectivity index (χ0v) is 45.8. The number of nitro benzene ring substituents is 1. The maximum Gasteiger partial charge on any atom is 0.514 e. The molecule has 5 rings (SSSR count). The molecular formula is C59H82N6O13. The number of amides is 4. The summed E-state index contributed by atoms with van der Waals surface area (Å²) in [5.41, 5.74) is 8.70. The topological polar surface area (TPSA) is 276 Å². The zero-order valence-electron chi connectivity index (χ0n) is 45.8. The summed E-state index contributed by atoms with van der Waals surface area (Å²) in [6, 6.07) is 16.5. The molecule has 19 heteroatoms. The molecule has 0 radical (unpaired) electrons. The third-order valence-electron chi connectivity index (χ3n) is 14.8. The molecule has 2 aliphatic rings. The first-order chi connectivity index (χ1) is 37.5. The fraction of sp³-hybridized carbons (Fsp3) is 0.576. The van der Waals surface area contributed by atoms with Gasteiger partial charge in [-0.05, 0) is 98.9 Å². The maximum atomic E-state index is 13.7. The highest BCUT2D eigenvalue weighted by molar-refractivity contribution is 5.97. The molecule has 2 heterocycles. The molecule has 0 saturated carbocycles. The number of non-ortho nitro benzene ring substituents is 1. The maximum absolute atomic E-state index is 13.7. The molecule has 4 atom stereocenters. The van der Waals surface area contributed by atoms with Crippen LogP contribution in [0.4, 0.5) is 21.0 Å². The van der Waals surface area contributed by atoms with Crippen LogP contribution in [0, 0.1) is 28.9 Å². The van der Waals surface area contributed by atoms with E-state index in [0.717, 1.165) is 81.0 Å². The highest BCUT2D eigenvalue weighted by Crippen LogP contribution is 2.36. The third-order valence-corrected chi connectivity index (χ3v) is 14.8. The average Bonchev–Trinajstić information content (AvgIpc) is 3.41. The number of ketones is 2. The number of rotatable bonds is 34. The predicted molar refractivity (Wildman–Crippen MR) is 294 cm³/mol. The van der Waals surface area contributed by atoms with E-state index in [1.165, 1.54) is 56.4 Å². The number of nitrogens with zero attached hydrogens (tertiary/aromatic N) is 2. The summed E-state index contributed by atoms with van der Waals surface area (Å²) in [6.45, 7) is 6.59. The number of aryl methyl sites for hydroxylation is 1. The molecule has 2 aliphatic heterocycles. The fourth-order valence-electron chi connectivity index (χ4n) is 10.5. The summed E-state index contributed by atoms with van der Waals surface area (Å²) in [5, 5.41) is 28.7. The van der Waals surface area contributed by atoms with Gasteiger partial charge in [-0.2, -0.15) is 0 Å². The van der Waals surface area contributed by atoms with Crippen LogP contribution in [0.2, 0.25) is 0 Å². The minimum absolute atomic E-state index is 0.00599. The number of aliphatic hydroxyl groups excluding tert-OH is 1. The van der Waals surface area contributed by atoms with Gasteiger partial charge in [0.05, 0.1) is 24.0 Å². The monoisotopic (exact) mass is 1080 g/mol. The van der Waals surface area contributed by atoms with Crippen molar-refractivity contribution in [3.63, 3.8) is 0 Å². The van der Waals surface area contributed by atoms with Crippen molar-refractivity contribution in [3.8, 4) is 5.75 Å². The van der Waals surface area contributed by atoms with E-state index in [1.54, 1.807) is 38.1 Å². The van der Waals surface area contributed by atoms with Gasteiger partial charge in [-0.15, -0.1) is 0 Å². The van der Waals surface area contributed by atoms with Crippen molar-refractivity contribution < 1.29 is 57.8 Å². The number of ether oxygens (including phenoxy) is 3. The van der Waals surface area contributed by atoms with E-state index in [2.05, 4.69) is 20.9 Å². The number of unbranched alkanes of at least 4 members (excludes halogenated alkanes) is 8. The highest BCUT2D eigenvalue weighted by atomic mass is 16.7. The molecule has 0 spiro atoms. The van der Waals surface area contributed by atoms with E-state index >= 15 is 0 Å². The Morgan fingerprint density at radius 1 is 0.808 bits per heavy atom. The van der Waals surface area contributed by atoms with Crippen molar-refractivity contribution in [1.29, 1.82) is 0 Å². The van der Waals surface area contributed by atoms with Gasteiger partial charge in [0.2, 0.25) is 11.8 Å². The Balaban J connectivity index is 0.929. The van der Waals surface area contributed by atoms with Crippen molar-refractivity contribution >= 4 is 52.9 Å². The number of fused-ring (bicyclic) bond motifs is 2. The molecule has 426 valence electrons. The Bertz CT molecular complexity index is 2440. The Kier molecular flexibility index (Phi) is 26.2. The Labute approximate surface area is 458 Å². The van der Waals surface area contributed by atoms with E-state index in [9.17, 15) is 48.8 Å². The minimum atomic E-state index is -1.02. The van der Waals surface area contributed by atoms with Gasteiger partial charge < -0.3 is 41.0 Å². The lowest BCUT2D eigenvalue weighted by Crippen LogP contribution is -2.54. The summed E-state index contributed by atoms with van der Waals surface area (Å²) in [5.74, 6) is -2.47. The molecule has 2 fully saturated rings. The Hall–Kier alpha value is -6.73. The van der Waals surface area contributed by atoms with Crippen LogP contribution < -0.4 is 26.4 Å². The normalized spacial score (nSPS) is 16.8. The first-order valence-corrected chi connectivity index (χ1v) is 28.0. The van der Waals surface area contributed by atoms with Gasteiger partial charge in [0.15, 0.2) is 5.78 Å². The van der Waals surface area contributed by atoms with Crippen molar-refractivity contribution in [2.75, 3.05) is 18.4 Å². The van der Waals surface area contributed by atoms with Crippen molar-refractivity contribution in [2.45, 2.75) is 193 Å². The molecule has 0 aromatic heterocycles. The highest BCUT2D eigenvalue weighted by Gasteiger charge is 2.39. The number of esters is 1. The second kappa shape index (κ2) is 32.9. The predicted octanol–water partition coefficient (Wildman–Crippen LogP) is 9.64. The number of carbonyl (C=O) groups is 7. The molecule has 3 aromatic rings. The van der Waals surface area contributed by atoms with E-state index in [0.29, 0.717) is 36.2 Å². The molecule has 2 bridgehead atoms. The van der Waals surface area contributed by atoms with Crippen molar-refractivity contribution in [3.05, 3.63) is 99.1 Å². The van der Waals surface area contributed by atoms with Gasteiger partial charge in [0, 0.05) is 80.9 Å². The fourth-order valence-corrected chi connectivity index (χ4v) is 10.5. The summed E-state index contributed by atoms with van der Waals surface area (Å²) in [4.78, 5) is 103. The minimum Gasteiger partial charge on any atom is -0.462 e. The Morgan fingerprint density at radius 2 is 1.46 bits per heavy atom. The smallest absolute Gasteiger partial charge is 0.462 e. The van der Waals surface area contributed by atoms with Gasteiger partial charge in [-0.3, -0.25) is 39.0 Å². The lowest BCUT2D eigenvalue weighted by molar-refractivity contribution is -0.384. The van der Waals surface area contributed by atoms with E-state index < -0.39 is 40.9 Å². The van der Waals surface area contributed by atoms with Crippen LogP contribution in [-0.4, -0.2) is 93.8 Å². The largest absolute Gasteiger partial charge is 0.514 e. The molecule has 6 N–H and O–H groups in total. The quantitative estimate of drug-likeness (QED) is 0.0122. The number of piperidine rings is 2. The van der Waals surface area contributed by atoms with E-state index in [1.807, 2.05) is 25.1 Å². The number of hydrogen-bond acceptors (Lipinski definition) is 14. The van der Waals surface area contributed by atoms with Gasteiger partial charge >= 0.3 is 18.2 Å². The van der Waals surface area contributed by atoms with Gasteiger partial charge in [0.25, 0.3) is 5.69 Å². The first kappa shape index (κ1) is 62.1. The zero-order chi connectivity index (χ0) is 56.4. The van der Waals surface area contributed by atoms with Gasteiger partial charge in [-0.25, -0.2) is 9.59 Å². The van der Waals surface area contributed by atoms with Crippen LogP contribution in [0.5, 0.6) is 5.75 Å². The Morgan fingerprint density at radius 3 is 2.09 bits per heavy atom. The molecule has 0 aliphatic carbocycles. The number of aliphatic hydroxyl groups is 1. The molecule has 3 aromatic carbocycles. The van der Waals surface area contributed by atoms with Crippen LogP contribution in [-0.2, 0) is 53.1 Å². The van der Waals surface area contributed by atoms with Crippen LogP contribution >= 0.6 is 0 Å². The van der Waals surface area contributed by atoms with Crippen LogP contribution in [0.3, 0.4) is 0 Å². The number of primary amides is 1. The van der Waals surface area contributed by atoms with Crippen molar-refractivity contribution in [1.82, 2.24) is 15.5 Å². The average molecular weight is 1080 g/mol. The number of nitro groups is 1. The molecule has 4 amide bonds. The second-order valence-electron chi connectivity index (χ2n) is 21.3.